The van der Waals surface area contributed by atoms with Gasteiger partial charge in [0.25, 0.3) is 0 Å². The van der Waals surface area contributed by atoms with Gasteiger partial charge in [-0.25, -0.2) is 4.79 Å². The van der Waals surface area contributed by atoms with E-state index in [4.69, 9.17) is 0 Å². The van der Waals surface area contributed by atoms with Crippen LogP contribution in [0.3, 0.4) is 0 Å². The Labute approximate surface area is 135 Å². The molecule has 0 saturated carbocycles. The second kappa shape index (κ2) is 6.36. The van der Waals surface area contributed by atoms with Gasteiger partial charge in [0.2, 0.25) is 0 Å². The summed E-state index contributed by atoms with van der Waals surface area (Å²) in [4.78, 5) is 29.8. The highest BCUT2D eigenvalue weighted by Gasteiger charge is 2.34. The Balaban J connectivity index is 1.96. The van der Waals surface area contributed by atoms with Gasteiger partial charge in [-0.3, -0.25) is 9.78 Å². The molecule has 0 spiro atoms. The second-order valence-electron chi connectivity index (χ2n) is 6.13. The van der Waals surface area contributed by atoms with Crippen LogP contribution in [-0.2, 0) is 14.3 Å². The Morgan fingerprint density at radius 2 is 2.04 bits per heavy atom. The lowest BCUT2D eigenvalue weighted by atomic mass is 9.89. The van der Waals surface area contributed by atoms with E-state index in [-0.39, 0.29) is 6.04 Å². The van der Waals surface area contributed by atoms with Gasteiger partial charge in [-0.2, -0.15) is 0 Å². The number of pyridine rings is 1. The Bertz CT molecular complexity index is 744. The molecule has 1 aromatic carbocycles. The Morgan fingerprint density at radius 3 is 2.83 bits per heavy atom. The van der Waals surface area contributed by atoms with E-state index in [1.807, 2.05) is 24.4 Å². The number of benzene rings is 1. The summed E-state index contributed by atoms with van der Waals surface area (Å²) in [7, 11) is 1.24. The van der Waals surface area contributed by atoms with Crippen LogP contribution in [0.4, 0.5) is 0 Å². The van der Waals surface area contributed by atoms with Crippen molar-refractivity contribution in [2.45, 2.75) is 25.8 Å². The number of aromatic nitrogens is 1. The van der Waals surface area contributed by atoms with Crippen molar-refractivity contribution in [1.82, 2.24) is 9.88 Å². The predicted molar refractivity (Wildman–Crippen MR) is 86.6 cm³/mol. The number of methoxy groups -OCH3 is 1. The van der Waals surface area contributed by atoms with Crippen LogP contribution >= 0.6 is 0 Å². The maximum absolute atomic E-state index is 12.4. The van der Waals surface area contributed by atoms with Crippen LogP contribution in [-0.4, -0.2) is 35.4 Å². The van der Waals surface area contributed by atoms with Crippen LogP contribution in [0, 0.1) is 5.92 Å². The van der Waals surface area contributed by atoms with Crippen LogP contribution in [0.2, 0.25) is 0 Å². The van der Waals surface area contributed by atoms with E-state index in [2.05, 4.69) is 22.7 Å². The molecule has 1 aliphatic rings. The molecule has 5 nitrogen and oxygen atoms in total. The lowest BCUT2D eigenvalue weighted by Crippen LogP contribution is -2.45. The largest absolute Gasteiger partial charge is 0.462 e. The zero-order valence-corrected chi connectivity index (χ0v) is 13.4. The molecule has 3 rings (SSSR count). The average molecular weight is 312 g/mol. The normalized spacial score (nSPS) is 21.2. The zero-order valence-electron chi connectivity index (χ0n) is 13.4. The lowest BCUT2D eigenvalue weighted by Gasteiger charge is -2.38. The third-order valence-corrected chi connectivity index (χ3v) is 4.49. The fourth-order valence-corrected chi connectivity index (χ4v) is 3.24. The third kappa shape index (κ3) is 3.04. The van der Waals surface area contributed by atoms with Crippen molar-refractivity contribution in [2.24, 2.45) is 5.92 Å². The number of carbonyl (C=O) groups is 2. The summed E-state index contributed by atoms with van der Waals surface area (Å²) < 4.78 is 4.62. The van der Waals surface area contributed by atoms with E-state index in [0.29, 0.717) is 12.5 Å². The summed E-state index contributed by atoms with van der Waals surface area (Å²) in [6, 6.07) is 7.97. The average Bonchev–Trinajstić information content (AvgIpc) is 2.60. The van der Waals surface area contributed by atoms with E-state index in [9.17, 15) is 9.59 Å². The molecule has 0 bridgehead atoms. The molecule has 5 heteroatoms. The minimum absolute atomic E-state index is 0.0876. The molecular weight excluding hydrogens is 292 g/mol. The van der Waals surface area contributed by atoms with Gasteiger partial charge < -0.3 is 9.64 Å². The number of esters is 1. The van der Waals surface area contributed by atoms with Crippen LogP contribution < -0.4 is 0 Å². The summed E-state index contributed by atoms with van der Waals surface area (Å²) in [6.07, 6.45) is 5.45. The fourth-order valence-electron chi connectivity index (χ4n) is 3.24. The predicted octanol–water partition coefficient (Wildman–Crippen LogP) is 2.71. The number of fused-ring (bicyclic) bond motifs is 1. The van der Waals surface area contributed by atoms with E-state index in [1.165, 1.54) is 7.11 Å². The van der Waals surface area contributed by atoms with E-state index < -0.39 is 11.9 Å². The maximum Gasteiger partial charge on any atom is 0.396 e. The molecular formula is C18H20N2O3. The highest BCUT2D eigenvalue weighted by molar-refractivity contribution is 6.32. The summed E-state index contributed by atoms with van der Waals surface area (Å²) in [6.45, 7) is 2.67. The molecule has 2 unspecified atom stereocenters. The first-order valence-electron chi connectivity index (χ1n) is 7.82. The molecule has 120 valence electrons. The van der Waals surface area contributed by atoms with Gasteiger partial charge in [-0.05, 0) is 41.8 Å². The van der Waals surface area contributed by atoms with Gasteiger partial charge in [-0.15, -0.1) is 0 Å². The molecule has 0 aliphatic carbocycles. The maximum atomic E-state index is 12.4. The third-order valence-electron chi connectivity index (χ3n) is 4.49. The van der Waals surface area contributed by atoms with Crippen LogP contribution in [0.15, 0.2) is 36.7 Å². The lowest BCUT2D eigenvalue weighted by molar-refractivity contribution is -0.160. The first-order valence-corrected chi connectivity index (χ1v) is 7.82. The molecule has 1 fully saturated rings. The summed E-state index contributed by atoms with van der Waals surface area (Å²) >= 11 is 0. The summed E-state index contributed by atoms with van der Waals surface area (Å²) in [5, 5.41) is 2.15. The van der Waals surface area contributed by atoms with Gasteiger partial charge >= 0.3 is 11.9 Å². The van der Waals surface area contributed by atoms with Crippen molar-refractivity contribution in [2.75, 3.05) is 13.7 Å². The van der Waals surface area contributed by atoms with Crippen molar-refractivity contribution in [3.63, 3.8) is 0 Å². The molecule has 2 aromatic rings. The molecule has 2 atom stereocenters. The molecule has 2 heterocycles. The quantitative estimate of drug-likeness (QED) is 0.600. The number of piperidine rings is 1. The van der Waals surface area contributed by atoms with Gasteiger partial charge in [0.05, 0.1) is 13.2 Å². The molecule has 0 radical (unpaired) electrons. The molecule has 1 saturated heterocycles. The van der Waals surface area contributed by atoms with Crippen LogP contribution in [0.1, 0.15) is 31.4 Å². The summed E-state index contributed by atoms with van der Waals surface area (Å²) in [5.41, 5.74) is 1.05. The van der Waals surface area contributed by atoms with Crippen molar-refractivity contribution in [3.05, 3.63) is 42.2 Å². The van der Waals surface area contributed by atoms with Crippen molar-refractivity contribution in [3.8, 4) is 0 Å². The number of ether oxygens (including phenoxy) is 1. The Kier molecular flexibility index (Phi) is 4.28. The zero-order chi connectivity index (χ0) is 16.4. The number of nitrogens with zero attached hydrogens (tertiary/aromatic N) is 2. The van der Waals surface area contributed by atoms with Crippen LogP contribution in [0.25, 0.3) is 10.8 Å². The first-order chi connectivity index (χ1) is 11.1. The number of hydrogen-bond donors (Lipinski definition) is 0. The minimum atomic E-state index is -0.797. The standard InChI is InChI=1S/C18H20N2O3/c1-12-3-6-16(20(11-12)17(21)18(22)23-2)14-4-5-15-10-19-8-7-13(15)9-14/h4-5,7-10,12,16H,3,6,11H2,1-2H3. The number of likely N-dealkylation sites (tertiary alicyclic amines) is 1. The molecule has 1 aromatic heterocycles. The minimum Gasteiger partial charge on any atom is -0.462 e. The fraction of sp³-hybridized carbons (Fsp3) is 0.389. The molecule has 1 amide bonds. The van der Waals surface area contributed by atoms with Gasteiger partial charge in [0.15, 0.2) is 0 Å². The Morgan fingerprint density at radius 1 is 1.22 bits per heavy atom. The van der Waals surface area contributed by atoms with Gasteiger partial charge in [0.1, 0.15) is 0 Å². The molecule has 1 aliphatic heterocycles. The van der Waals surface area contributed by atoms with Gasteiger partial charge in [0, 0.05) is 24.3 Å². The molecule has 0 N–H and O–H groups in total. The Hall–Kier alpha value is -2.43. The highest BCUT2D eigenvalue weighted by atomic mass is 16.5. The van der Waals surface area contributed by atoms with E-state index in [1.54, 1.807) is 11.1 Å². The highest BCUT2D eigenvalue weighted by Crippen LogP contribution is 2.34. The SMILES string of the molecule is COC(=O)C(=O)N1CC(C)CCC1c1ccc2cnccc2c1. The number of amides is 1. The summed E-state index contributed by atoms with van der Waals surface area (Å²) in [5.74, 6) is -0.975. The van der Waals surface area contributed by atoms with E-state index in [0.717, 1.165) is 29.2 Å². The first kappa shape index (κ1) is 15.5. The van der Waals surface area contributed by atoms with Crippen molar-refractivity contribution < 1.29 is 14.3 Å². The topological polar surface area (TPSA) is 59.5 Å². The number of hydrogen-bond acceptors (Lipinski definition) is 4. The number of rotatable bonds is 1. The monoisotopic (exact) mass is 312 g/mol. The number of carbonyl (C=O) groups excluding carboxylic acids is 2. The van der Waals surface area contributed by atoms with Crippen molar-refractivity contribution >= 4 is 22.6 Å². The van der Waals surface area contributed by atoms with Gasteiger partial charge in [-0.1, -0.05) is 19.1 Å². The molecule has 23 heavy (non-hydrogen) atoms. The van der Waals surface area contributed by atoms with E-state index >= 15 is 0 Å². The smallest absolute Gasteiger partial charge is 0.396 e. The second-order valence-corrected chi connectivity index (χ2v) is 6.13. The van der Waals surface area contributed by atoms with Crippen molar-refractivity contribution in [1.29, 1.82) is 0 Å². The van der Waals surface area contributed by atoms with Crippen LogP contribution in [0.5, 0.6) is 0 Å².